The number of hydrogen-bond acceptors (Lipinski definition) is 1. The number of para-hydroxylation sites is 2. The molecular formula is C70H48N2. The van der Waals surface area contributed by atoms with Gasteiger partial charge in [-0.15, -0.1) is 0 Å². The second-order valence-corrected chi connectivity index (χ2v) is 18.5. The summed E-state index contributed by atoms with van der Waals surface area (Å²) in [6.45, 7) is 0. The number of fused-ring (bicyclic) bond motifs is 4. The predicted molar refractivity (Wildman–Crippen MR) is 306 cm³/mol. The van der Waals surface area contributed by atoms with Crippen molar-refractivity contribution in [2.24, 2.45) is 0 Å². The Morgan fingerprint density at radius 3 is 1.47 bits per heavy atom. The highest BCUT2D eigenvalue weighted by Crippen LogP contribution is 2.46. The van der Waals surface area contributed by atoms with Crippen molar-refractivity contribution in [1.29, 1.82) is 0 Å². The molecule has 0 saturated heterocycles. The van der Waals surface area contributed by atoms with Crippen molar-refractivity contribution < 1.29 is 0 Å². The van der Waals surface area contributed by atoms with Gasteiger partial charge in [-0.25, -0.2) is 0 Å². The highest BCUT2D eigenvalue weighted by atomic mass is 15.1. The van der Waals surface area contributed by atoms with Gasteiger partial charge in [0.25, 0.3) is 0 Å². The molecule has 72 heavy (non-hydrogen) atoms. The van der Waals surface area contributed by atoms with Gasteiger partial charge in [-0.2, -0.15) is 0 Å². The molecule has 13 rings (SSSR count). The first kappa shape index (κ1) is 42.6. The van der Waals surface area contributed by atoms with Crippen LogP contribution in [0.2, 0.25) is 0 Å². The van der Waals surface area contributed by atoms with Gasteiger partial charge in [-0.3, -0.25) is 0 Å². The topological polar surface area (TPSA) is 8.17 Å². The Kier molecular flexibility index (Phi) is 10.9. The zero-order valence-electron chi connectivity index (χ0n) is 39.6. The van der Waals surface area contributed by atoms with Gasteiger partial charge in [0, 0.05) is 33.5 Å². The first-order valence-corrected chi connectivity index (χ1v) is 24.7. The van der Waals surface area contributed by atoms with Gasteiger partial charge < -0.3 is 9.47 Å². The van der Waals surface area contributed by atoms with E-state index >= 15 is 0 Å². The molecule has 338 valence electrons. The monoisotopic (exact) mass is 916 g/mol. The summed E-state index contributed by atoms with van der Waals surface area (Å²) in [6, 6.07) is 106. The lowest BCUT2D eigenvalue weighted by atomic mass is 9.84. The number of anilines is 3. The Hall–Kier alpha value is -9.50. The summed E-state index contributed by atoms with van der Waals surface area (Å²) >= 11 is 0. The first-order chi connectivity index (χ1) is 35.7. The zero-order valence-corrected chi connectivity index (χ0v) is 39.6. The Labute approximate surface area is 420 Å². The second-order valence-electron chi connectivity index (χ2n) is 18.5. The molecule has 0 atom stereocenters. The summed E-state index contributed by atoms with van der Waals surface area (Å²) in [6.07, 6.45) is 0. The van der Waals surface area contributed by atoms with Crippen LogP contribution in [0.5, 0.6) is 0 Å². The van der Waals surface area contributed by atoms with E-state index in [2.05, 4.69) is 301 Å². The summed E-state index contributed by atoms with van der Waals surface area (Å²) < 4.78 is 2.38. The molecule has 0 unspecified atom stereocenters. The van der Waals surface area contributed by atoms with Gasteiger partial charge in [-0.05, 0) is 150 Å². The van der Waals surface area contributed by atoms with Gasteiger partial charge in [0.05, 0.1) is 11.0 Å². The summed E-state index contributed by atoms with van der Waals surface area (Å²) in [7, 11) is 0. The highest BCUT2D eigenvalue weighted by Gasteiger charge is 2.21. The van der Waals surface area contributed by atoms with Crippen LogP contribution in [0.1, 0.15) is 0 Å². The molecule has 12 aromatic carbocycles. The van der Waals surface area contributed by atoms with Crippen molar-refractivity contribution in [1.82, 2.24) is 4.57 Å². The molecule has 0 fully saturated rings. The molecule has 0 saturated carbocycles. The van der Waals surface area contributed by atoms with E-state index < -0.39 is 0 Å². The number of aromatic nitrogens is 1. The van der Waals surface area contributed by atoms with Crippen molar-refractivity contribution in [3.05, 3.63) is 291 Å². The van der Waals surface area contributed by atoms with E-state index in [0.717, 1.165) is 33.9 Å². The van der Waals surface area contributed by atoms with E-state index in [4.69, 9.17) is 0 Å². The van der Waals surface area contributed by atoms with Crippen molar-refractivity contribution in [2.45, 2.75) is 0 Å². The maximum Gasteiger partial charge on any atom is 0.0541 e. The lowest BCUT2D eigenvalue weighted by Gasteiger charge is -2.27. The fourth-order valence-corrected chi connectivity index (χ4v) is 10.8. The SMILES string of the molecule is c1ccc(-c2ccccc2-c2c(-c3ccccc3)cccc2-c2cccc(N(c3ccc(-c4ccc5ccccc5c4)cc3)c3cccc(-c4ccc5c(c4)c4ccccc4n5-c4ccccc4)c3)c2)cc1. The molecule has 13 aromatic rings. The van der Waals surface area contributed by atoms with Crippen LogP contribution in [0.15, 0.2) is 291 Å². The lowest BCUT2D eigenvalue weighted by Crippen LogP contribution is -2.10. The average Bonchev–Trinajstić information content (AvgIpc) is 3.80. The van der Waals surface area contributed by atoms with Gasteiger partial charge in [-0.1, -0.05) is 218 Å². The fraction of sp³-hybridized carbons (Fsp3) is 0. The Morgan fingerprint density at radius 2 is 0.722 bits per heavy atom. The van der Waals surface area contributed by atoms with Gasteiger partial charge in [0.1, 0.15) is 0 Å². The molecule has 0 spiro atoms. The van der Waals surface area contributed by atoms with Crippen molar-refractivity contribution in [3.8, 4) is 72.4 Å². The summed E-state index contributed by atoms with van der Waals surface area (Å²) in [4.78, 5) is 2.41. The zero-order chi connectivity index (χ0) is 47.8. The third kappa shape index (κ3) is 7.82. The molecule has 0 amide bonds. The van der Waals surface area contributed by atoms with E-state index in [0.29, 0.717) is 0 Å². The van der Waals surface area contributed by atoms with Gasteiger partial charge in [0.15, 0.2) is 0 Å². The molecule has 2 heteroatoms. The molecular weight excluding hydrogens is 869 g/mol. The second kappa shape index (κ2) is 18.4. The molecule has 1 heterocycles. The molecule has 0 aliphatic heterocycles. The van der Waals surface area contributed by atoms with Crippen molar-refractivity contribution in [3.63, 3.8) is 0 Å². The van der Waals surface area contributed by atoms with Crippen LogP contribution in [0, 0.1) is 0 Å². The smallest absolute Gasteiger partial charge is 0.0541 e. The van der Waals surface area contributed by atoms with Crippen LogP contribution in [0.25, 0.3) is 105 Å². The minimum Gasteiger partial charge on any atom is -0.310 e. The van der Waals surface area contributed by atoms with Crippen LogP contribution >= 0.6 is 0 Å². The van der Waals surface area contributed by atoms with E-state index in [1.54, 1.807) is 0 Å². The molecule has 1 aromatic heterocycles. The maximum atomic E-state index is 2.41. The van der Waals surface area contributed by atoms with Crippen LogP contribution in [0.4, 0.5) is 17.1 Å². The van der Waals surface area contributed by atoms with E-state index in [1.807, 2.05) is 0 Å². The lowest BCUT2D eigenvalue weighted by molar-refractivity contribution is 1.18. The molecule has 0 bridgehead atoms. The molecule has 2 nitrogen and oxygen atoms in total. The summed E-state index contributed by atoms with van der Waals surface area (Å²) in [5, 5.41) is 4.94. The molecule has 0 aliphatic rings. The largest absolute Gasteiger partial charge is 0.310 e. The van der Waals surface area contributed by atoms with E-state index in [1.165, 1.54) is 88.2 Å². The number of benzene rings is 12. The van der Waals surface area contributed by atoms with Gasteiger partial charge >= 0.3 is 0 Å². The fourth-order valence-electron chi connectivity index (χ4n) is 10.8. The number of hydrogen-bond donors (Lipinski definition) is 0. The number of nitrogens with zero attached hydrogens (tertiary/aromatic N) is 2. The third-order valence-corrected chi connectivity index (χ3v) is 14.2. The predicted octanol–water partition coefficient (Wildman–Crippen LogP) is 19.4. The van der Waals surface area contributed by atoms with E-state index in [-0.39, 0.29) is 0 Å². The van der Waals surface area contributed by atoms with Gasteiger partial charge in [0.2, 0.25) is 0 Å². The van der Waals surface area contributed by atoms with Crippen molar-refractivity contribution >= 4 is 49.6 Å². The normalized spacial score (nSPS) is 11.3. The standard InChI is InChI=1S/C70H48N2/c1-4-20-51(21-5-1)62-31-12-13-33-66(62)70-63(52-22-6-2-7-23-52)34-18-35-64(70)57-26-17-30-61(47-57)71(59-42-39-50(40-43-59)55-38-37-49-19-10-11-24-53(49)45-55)60-29-16-25-54(46-60)56-41-44-69-67(48-56)65-32-14-15-36-68(65)72(69)58-27-8-3-9-28-58/h1-48H. The van der Waals surface area contributed by atoms with Crippen LogP contribution < -0.4 is 4.90 Å². The van der Waals surface area contributed by atoms with E-state index in [9.17, 15) is 0 Å². The summed E-state index contributed by atoms with van der Waals surface area (Å²) in [5.41, 5.74) is 20.9. The maximum absolute atomic E-state index is 2.41. The minimum atomic E-state index is 1.07. The van der Waals surface area contributed by atoms with Crippen LogP contribution in [-0.2, 0) is 0 Å². The Morgan fingerprint density at radius 1 is 0.236 bits per heavy atom. The average molecular weight is 917 g/mol. The molecule has 0 N–H and O–H groups in total. The quantitative estimate of drug-likeness (QED) is 0.133. The van der Waals surface area contributed by atoms with Crippen molar-refractivity contribution in [2.75, 3.05) is 4.90 Å². The highest BCUT2D eigenvalue weighted by molar-refractivity contribution is 6.10. The minimum absolute atomic E-state index is 1.07. The van der Waals surface area contributed by atoms with Crippen LogP contribution in [0.3, 0.4) is 0 Å². The first-order valence-electron chi connectivity index (χ1n) is 24.7. The Balaban J connectivity index is 0.971. The third-order valence-electron chi connectivity index (χ3n) is 14.2. The molecule has 0 radical (unpaired) electrons. The number of rotatable bonds is 10. The Bertz CT molecular complexity index is 4080. The molecule has 0 aliphatic carbocycles. The summed E-state index contributed by atoms with van der Waals surface area (Å²) in [5.74, 6) is 0. The van der Waals surface area contributed by atoms with Crippen LogP contribution in [-0.4, -0.2) is 4.57 Å².